The van der Waals surface area contributed by atoms with Gasteiger partial charge in [-0.2, -0.15) is 5.26 Å². The molecule has 0 amide bonds. The second-order valence-corrected chi connectivity index (χ2v) is 14.2. The molecule has 1 aromatic carbocycles. The van der Waals surface area contributed by atoms with Crippen LogP contribution < -0.4 is 5.06 Å². The van der Waals surface area contributed by atoms with Crippen molar-refractivity contribution in [1.29, 1.82) is 5.26 Å². The van der Waals surface area contributed by atoms with Gasteiger partial charge < -0.3 is 5.11 Å². The number of alkyl halides is 2. The van der Waals surface area contributed by atoms with Crippen molar-refractivity contribution in [3.05, 3.63) is 53.1 Å². The molecule has 1 aromatic rings. The Morgan fingerprint density at radius 1 is 1.24 bits per heavy atom. The number of Topliss-reactive ketones (excluding diaryl/α,β-unsaturated/α-hetero) is 1. The second-order valence-electron chi connectivity index (χ2n) is 13.8. The van der Waals surface area contributed by atoms with Gasteiger partial charge >= 0.3 is 0 Å². The number of aliphatic hydroxyl groups excluding tert-OH is 1. The van der Waals surface area contributed by atoms with Gasteiger partial charge in [0.2, 0.25) is 0 Å². The summed E-state index contributed by atoms with van der Waals surface area (Å²) >= 11 is 6.10. The van der Waals surface area contributed by atoms with E-state index in [-0.39, 0.29) is 36.5 Å². The lowest BCUT2D eigenvalue weighted by atomic mass is 9.44. The van der Waals surface area contributed by atoms with Crippen LogP contribution in [0.1, 0.15) is 53.4 Å². The number of aliphatic hydroxyl groups is 1. The molecule has 0 aromatic heterocycles. The highest BCUT2D eigenvalue weighted by Gasteiger charge is 2.79. The van der Waals surface area contributed by atoms with Gasteiger partial charge in [-0.3, -0.25) is 19.5 Å². The number of rotatable bonds is 4. The lowest BCUT2D eigenvalue weighted by Gasteiger charge is -2.63. The minimum atomic E-state index is -2.24. The molecule has 3 saturated carbocycles. The Kier molecular flexibility index (Phi) is 6.23. The summed E-state index contributed by atoms with van der Waals surface area (Å²) in [7, 11) is 0. The molecule has 1 saturated heterocycles. The van der Waals surface area contributed by atoms with Crippen LogP contribution in [-0.2, 0) is 14.4 Å². The smallest absolute Gasteiger partial charge is 0.178 e. The van der Waals surface area contributed by atoms with E-state index in [1.807, 2.05) is 6.92 Å². The van der Waals surface area contributed by atoms with Crippen molar-refractivity contribution in [3.8, 4) is 6.07 Å². The Morgan fingerprint density at radius 3 is 2.59 bits per heavy atom. The fourth-order valence-corrected chi connectivity index (χ4v) is 9.21. The summed E-state index contributed by atoms with van der Waals surface area (Å²) < 4.78 is 33.5. The van der Waals surface area contributed by atoms with Crippen molar-refractivity contribution in [2.45, 2.75) is 76.9 Å². The molecule has 6 rings (SSSR count). The normalized spacial score (nSPS) is 43.0. The third-order valence-electron chi connectivity index (χ3n) is 11.1. The van der Waals surface area contributed by atoms with Gasteiger partial charge in [-0.1, -0.05) is 24.6 Å². The first kappa shape index (κ1) is 28.5. The predicted octanol–water partition coefficient (Wildman–Crippen LogP) is 5.88. The van der Waals surface area contributed by atoms with Crippen LogP contribution in [0.4, 0.5) is 14.5 Å². The van der Waals surface area contributed by atoms with Crippen LogP contribution in [0.2, 0.25) is 5.02 Å². The maximum Gasteiger partial charge on any atom is 0.178 e. The first-order chi connectivity index (χ1) is 19.1. The van der Waals surface area contributed by atoms with Crippen molar-refractivity contribution in [3.63, 3.8) is 0 Å². The summed E-state index contributed by atoms with van der Waals surface area (Å²) in [5.41, 5.74) is -6.45. The van der Waals surface area contributed by atoms with Gasteiger partial charge in [0, 0.05) is 34.1 Å². The molecule has 1 aliphatic heterocycles. The number of benzene rings is 1. The van der Waals surface area contributed by atoms with Gasteiger partial charge in [0.15, 0.2) is 22.8 Å². The number of carbonyl (C=O) groups is 2. The Morgan fingerprint density at radius 2 is 1.93 bits per heavy atom. The van der Waals surface area contributed by atoms with Gasteiger partial charge in [0.1, 0.15) is 6.17 Å². The van der Waals surface area contributed by atoms with Crippen LogP contribution in [0.25, 0.3) is 0 Å². The number of anilines is 1. The number of allylic oxidation sites excluding steroid dienone is 4. The van der Waals surface area contributed by atoms with Gasteiger partial charge in [-0.05, 0) is 87.9 Å². The second kappa shape index (κ2) is 8.95. The molecule has 4 aliphatic carbocycles. The average molecular weight is 585 g/mol. The van der Waals surface area contributed by atoms with E-state index in [1.165, 1.54) is 18.2 Å². The molecule has 0 radical (unpaired) electrons. The minimum Gasteiger partial charge on any atom is -0.390 e. The fourth-order valence-electron chi connectivity index (χ4n) is 9.08. The highest BCUT2D eigenvalue weighted by atomic mass is 35.5. The SMILES string of the molecule is CC(C)(C#N)CC(=O)[C@@]12ON(c3ccc(Cl)cc3)C[C@@H]1C[C@H]1[C@@H]3C[C@H](F)C4=CC(=O)C=C[C@]4(C)[C@@]3(F)[C@@H](O)C[C@@]12C. The summed E-state index contributed by atoms with van der Waals surface area (Å²) in [5, 5.41) is 23.7. The van der Waals surface area contributed by atoms with Crippen molar-refractivity contribution in [1.82, 2.24) is 0 Å². The topological polar surface area (TPSA) is 90.6 Å². The standard InChI is InChI=1S/C32H35ClF2N2O4/c1-28(2,17-36)14-27(40)32-18(16-37(41-32)20-7-5-19(33)6-8-20)11-22-23-13-25(34)24-12-21(38)9-10-29(24,3)31(23,35)26(39)15-30(22,32)4/h5-10,12,18,22-23,25-26,39H,11,13-16H2,1-4H3/t18-,22-,23-,25-,26-,29-,30-,31-,32-/m0/s1. The molecular formula is C32H35ClF2N2O4. The molecule has 9 atom stereocenters. The van der Waals surface area contributed by atoms with E-state index in [1.54, 1.807) is 50.1 Å². The van der Waals surface area contributed by atoms with E-state index in [0.717, 1.165) is 0 Å². The van der Waals surface area contributed by atoms with Gasteiger partial charge in [0.25, 0.3) is 0 Å². The van der Waals surface area contributed by atoms with E-state index < -0.39 is 57.4 Å². The largest absolute Gasteiger partial charge is 0.390 e. The first-order valence-electron chi connectivity index (χ1n) is 14.3. The van der Waals surface area contributed by atoms with E-state index in [4.69, 9.17) is 16.4 Å². The number of hydrogen-bond acceptors (Lipinski definition) is 6. The molecule has 0 spiro atoms. The van der Waals surface area contributed by atoms with Crippen molar-refractivity contribution < 1.29 is 28.3 Å². The van der Waals surface area contributed by atoms with Crippen molar-refractivity contribution in [2.75, 3.05) is 11.6 Å². The number of nitrogens with zero attached hydrogens (tertiary/aromatic N) is 2. The Bertz CT molecular complexity index is 1420. The number of fused-ring (bicyclic) bond motifs is 7. The van der Waals surface area contributed by atoms with Crippen molar-refractivity contribution in [2.24, 2.45) is 34.0 Å². The zero-order chi connectivity index (χ0) is 29.8. The number of hydroxylamine groups is 1. The molecule has 6 nitrogen and oxygen atoms in total. The number of hydrogen-bond donors (Lipinski definition) is 1. The third kappa shape index (κ3) is 3.64. The number of ketones is 2. The van der Waals surface area contributed by atoms with Gasteiger partial charge in [0.05, 0.1) is 29.8 Å². The molecule has 41 heavy (non-hydrogen) atoms. The Balaban J connectivity index is 1.46. The number of halogens is 3. The van der Waals surface area contributed by atoms with Crippen LogP contribution in [0.3, 0.4) is 0 Å². The molecule has 4 fully saturated rings. The highest BCUT2D eigenvalue weighted by Crippen LogP contribution is 2.73. The fraction of sp³-hybridized carbons (Fsp3) is 0.594. The zero-order valence-electron chi connectivity index (χ0n) is 23.7. The molecule has 218 valence electrons. The van der Waals surface area contributed by atoms with Gasteiger partial charge in [-0.25, -0.2) is 8.78 Å². The van der Waals surface area contributed by atoms with Crippen molar-refractivity contribution >= 4 is 28.9 Å². The first-order valence-corrected chi connectivity index (χ1v) is 14.6. The van der Waals surface area contributed by atoms with Gasteiger partial charge in [-0.15, -0.1) is 0 Å². The molecule has 0 unspecified atom stereocenters. The lowest BCUT2D eigenvalue weighted by Crippen LogP contribution is -2.70. The van der Waals surface area contributed by atoms with Crippen LogP contribution in [0, 0.1) is 45.3 Å². The Hall–Kier alpha value is -2.60. The minimum absolute atomic E-state index is 0.0660. The number of nitriles is 1. The van der Waals surface area contributed by atoms with E-state index in [9.17, 15) is 20.0 Å². The predicted molar refractivity (Wildman–Crippen MR) is 149 cm³/mol. The van der Waals surface area contributed by atoms with Crippen LogP contribution in [0.5, 0.6) is 0 Å². The summed E-state index contributed by atoms with van der Waals surface area (Å²) in [6.45, 7) is 7.16. The summed E-state index contributed by atoms with van der Waals surface area (Å²) in [4.78, 5) is 33.2. The molecule has 1 N–H and O–H groups in total. The molecule has 5 aliphatic rings. The summed E-state index contributed by atoms with van der Waals surface area (Å²) in [5.74, 6) is -2.44. The molecule has 9 heteroatoms. The highest BCUT2D eigenvalue weighted by molar-refractivity contribution is 6.30. The quantitative estimate of drug-likeness (QED) is 0.475. The van der Waals surface area contributed by atoms with Crippen LogP contribution >= 0.6 is 11.6 Å². The maximum absolute atomic E-state index is 17.6. The molecule has 0 bridgehead atoms. The van der Waals surface area contributed by atoms with E-state index >= 15 is 8.78 Å². The summed E-state index contributed by atoms with van der Waals surface area (Å²) in [6, 6.07) is 9.25. The summed E-state index contributed by atoms with van der Waals surface area (Å²) in [6.07, 6.45) is 0.766. The zero-order valence-corrected chi connectivity index (χ0v) is 24.4. The third-order valence-corrected chi connectivity index (χ3v) is 11.3. The lowest BCUT2D eigenvalue weighted by molar-refractivity contribution is -0.227. The average Bonchev–Trinajstić information content (AvgIpc) is 3.41. The van der Waals surface area contributed by atoms with Crippen LogP contribution in [0.15, 0.2) is 48.1 Å². The molecule has 1 heterocycles. The number of carbonyl (C=O) groups excluding carboxylic acids is 2. The van der Waals surface area contributed by atoms with E-state index in [2.05, 4.69) is 6.07 Å². The molecular weight excluding hydrogens is 550 g/mol. The van der Waals surface area contributed by atoms with E-state index in [0.29, 0.717) is 23.7 Å². The Labute approximate surface area is 243 Å². The monoisotopic (exact) mass is 584 g/mol. The van der Waals surface area contributed by atoms with Crippen LogP contribution in [-0.4, -0.2) is 46.8 Å². The maximum atomic E-state index is 17.6.